The Morgan fingerprint density at radius 2 is 2.28 bits per heavy atom. The number of amides is 3. The van der Waals surface area contributed by atoms with E-state index in [-0.39, 0.29) is 30.2 Å². The summed E-state index contributed by atoms with van der Waals surface area (Å²) < 4.78 is 4.51. The highest BCUT2D eigenvalue weighted by atomic mass is 16.5. The van der Waals surface area contributed by atoms with Gasteiger partial charge in [0.1, 0.15) is 0 Å². The molecule has 2 unspecified atom stereocenters. The largest absolute Gasteiger partial charge is 0.453 e. The molecular formula is C11H17N3O4. The number of nitrogens with zero attached hydrogens (tertiary/aromatic N) is 1. The first-order valence-electron chi connectivity index (χ1n) is 6.00. The van der Waals surface area contributed by atoms with Crippen LogP contribution in [-0.2, 0) is 14.3 Å². The summed E-state index contributed by atoms with van der Waals surface area (Å²) in [6, 6.07) is -0.0635. The Morgan fingerprint density at radius 1 is 1.50 bits per heavy atom. The third kappa shape index (κ3) is 2.72. The fourth-order valence-corrected chi connectivity index (χ4v) is 2.34. The number of methoxy groups -OCH3 is 1. The van der Waals surface area contributed by atoms with Crippen molar-refractivity contribution in [2.45, 2.75) is 18.9 Å². The van der Waals surface area contributed by atoms with Gasteiger partial charge in [-0.25, -0.2) is 4.79 Å². The SMILES string of the molecule is COC(=O)NC1CCN(C(=O)C2CNC(=O)C2)C1. The second-order valence-electron chi connectivity index (χ2n) is 4.61. The molecule has 2 fully saturated rings. The molecule has 3 amide bonds. The van der Waals surface area contributed by atoms with Crippen molar-refractivity contribution < 1.29 is 19.1 Å². The van der Waals surface area contributed by atoms with E-state index in [1.54, 1.807) is 4.90 Å². The molecule has 2 heterocycles. The van der Waals surface area contributed by atoms with E-state index in [1.165, 1.54) is 7.11 Å². The Bertz CT molecular complexity index is 371. The number of rotatable bonds is 2. The molecule has 0 spiro atoms. The van der Waals surface area contributed by atoms with Gasteiger partial charge in [-0.2, -0.15) is 0 Å². The van der Waals surface area contributed by atoms with E-state index >= 15 is 0 Å². The Morgan fingerprint density at radius 3 is 2.89 bits per heavy atom. The van der Waals surface area contributed by atoms with Crippen molar-refractivity contribution >= 4 is 17.9 Å². The monoisotopic (exact) mass is 255 g/mol. The van der Waals surface area contributed by atoms with Crippen LogP contribution in [0.3, 0.4) is 0 Å². The minimum Gasteiger partial charge on any atom is -0.453 e. The standard InChI is InChI=1S/C11H17N3O4/c1-18-11(17)13-8-2-3-14(6-8)10(16)7-4-9(15)12-5-7/h7-8H,2-6H2,1H3,(H,12,15)(H,13,17). The van der Waals surface area contributed by atoms with Crippen molar-refractivity contribution in [3.63, 3.8) is 0 Å². The van der Waals surface area contributed by atoms with Gasteiger partial charge >= 0.3 is 6.09 Å². The molecular weight excluding hydrogens is 238 g/mol. The smallest absolute Gasteiger partial charge is 0.407 e. The highest BCUT2D eigenvalue weighted by Crippen LogP contribution is 2.17. The molecule has 7 heteroatoms. The zero-order chi connectivity index (χ0) is 13.1. The van der Waals surface area contributed by atoms with Crippen molar-refractivity contribution in [1.29, 1.82) is 0 Å². The Labute approximate surface area is 105 Å². The third-order valence-electron chi connectivity index (χ3n) is 3.33. The number of hydrogen-bond acceptors (Lipinski definition) is 4. The second-order valence-corrected chi connectivity index (χ2v) is 4.61. The fourth-order valence-electron chi connectivity index (χ4n) is 2.34. The highest BCUT2D eigenvalue weighted by Gasteiger charge is 2.35. The number of carbonyl (C=O) groups excluding carboxylic acids is 3. The molecule has 2 aliphatic heterocycles. The zero-order valence-electron chi connectivity index (χ0n) is 10.3. The topological polar surface area (TPSA) is 87.7 Å². The summed E-state index contributed by atoms with van der Waals surface area (Å²) >= 11 is 0. The molecule has 7 nitrogen and oxygen atoms in total. The lowest BCUT2D eigenvalue weighted by molar-refractivity contribution is -0.134. The molecule has 0 saturated carbocycles. The van der Waals surface area contributed by atoms with Crippen LogP contribution in [0.5, 0.6) is 0 Å². The first-order chi connectivity index (χ1) is 8.60. The van der Waals surface area contributed by atoms with Crippen LogP contribution in [0.2, 0.25) is 0 Å². The van der Waals surface area contributed by atoms with E-state index in [1.807, 2.05) is 0 Å². The van der Waals surface area contributed by atoms with Crippen LogP contribution in [-0.4, -0.2) is 55.6 Å². The van der Waals surface area contributed by atoms with Crippen LogP contribution >= 0.6 is 0 Å². The van der Waals surface area contributed by atoms with Gasteiger partial charge in [-0.05, 0) is 6.42 Å². The van der Waals surface area contributed by atoms with Gasteiger partial charge in [0.2, 0.25) is 11.8 Å². The molecule has 0 radical (unpaired) electrons. The van der Waals surface area contributed by atoms with E-state index in [4.69, 9.17) is 0 Å². The average molecular weight is 255 g/mol. The van der Waals surface area contributed by atoms with Gasteiger partial charge in [0, 0.05) is 26.1 Å². The lowest BCUT2D eigenvalue weighted by Crippen LogP contribution is -2.40. The number of nitrogens with one attached hydrogen (secondary N) is 2. The summed E-state index contributed by atoms with van der Waals surface area (Å²) in [5, 5.41) is 5.33. The lowest BCUT2D eigenvalue weighted by Gasteiger charge is -2.19. The summed E-state index contributed by atoms with van der Waals surface area (Å²) in [7, 11) is 1.31. The maximum absolute atomic E-state index is 12.1. The third-order valence-corrected chi connectivity index (χ3v) is 3.33. The van der Waals surface area contributed by atoms with Crippen molar-refractivity contribution in [2.75, 3.05) is 26.7 Å². The van der Waals surface area contributed by atoms with Gasteiger partial charge in [-0.15, -0.1) is 0 Å². The van der Waals surface area contributed by atoms with Crippen LogP contribution < -0.4 is 10.6 Å². The number of hydrogen-bond donors (Lipinski definition) is 2. The van der Waals surface area contributed by atoms with E-state index < -0.39 is 6.09 Å². The molecule has 0 aromatic carbocycles. The van der Waals surface area contributed by atoms with Crippen LogP contribution in [0.25, 0.3) is 0 Å². The Balaban J connectivity index is 1.83. The summed E-state index contributed by atoms with van der Waals surface area (Å²) in [5.74, 6) is -0.339. The molecule has 2 atom stereocenters. The lowest BCUT2D eigenvalue weighted by atomic mass is 10.1. The molecule has 2 rings (SSSR count). The van der Waals surface area contributed by atoms with Crippen LogP contribution in [0, 0.1) is 5.92 Å². The Hall–Kier alpha value is -1.79. The van der Waals surface area contributed by atoms with Crippen molar-refractivity contribution in [2.24, 2.45) is 5.92 Å². The van der Waals surface area contributed by atoms with Gasteiger partial charge in [-0.1, -0.05) is 0 Å². The highest BCUT2D eigenvalue weighted by molar-refractivity contribution is 5.89. The summed E-state index contributed by atoms with van der Waals surface area (Å²) in [4.78, 5) is 35.9. The number of ether oxygens (including phenoxy) is 1. The van der Waals surface area contributed by atoms with Crippen molar-refractivity contribution in [1.82, 2.24) is 15.5 Å². The molecule has 18 heavy (non-hydrogen) atoms. The van der Waals surface area contributed by atoms with Gasteiger partial charge in [0.15, 0.2) is 0 Å². The molecule has 0 bridgehead atoms. The maximum atomic E-state index is 12.1. The molecule has 100 valence electrons. The van der Waals surface area contributed by atoms with Crippen LogP contribution in [0.15, 0.2) is 0 Å². The van der Waals surface area contributed by atoms with Gasteiger partial charge < -0.3 is 20.3 Å². The molecule has 2 saturated heterocycles. The Kier molecular flexibility index (Phi) is 3.69. The van der Waals surface area contributed by atoms with Gasteiger partial charge in [0.05, 0.1) is 19.1 Å². The van der Waals surface area contributed by atoms with Crippen LogP contribution in [0.4, 0.5) is 4.79 Å². The molecule has 0 aromatic rings. The zero-order valence-corrected chi connectivity index (χ0v) is 10.3. The number of likely N-dealkylation sites (tertiary alicyclic amines) is 1. The quantitative estimate of drug-likeness (QED) is 0.668. The van der Waals surface area contributed by atoms with Gasteiger partial charge in [-0.3, -0.25) is 9.59 Å². The van der Waals surface area contributed by atoms with Crippen LogP contribution in [0.1, 0.15) is 12.8 Å². The normalized spacial score (nSPS) is 26.9. The molecule has 2 aliphatic rings. The van der Waals surface area contributed by atoms with Crippen molar-refractivity contribution in [3.05, 3.63) is 0 Å². The molecule has 2 N–H and O–H groups in total. The predicted octanol–water partition coefficient (Wildman–Crippen LogP) is -0.921. The maximum Gasteiger partial charge on any atom is 0.407 e. The predicted molar refractivity (Wildman–Crippen MR) is 61.6 cm³/mol. The first kappa shape index (κ1) is 12.7. The number of carbonyl (C=O) groups is 3. The van der Waals surface area contributed by atoms with E-state index in [0.717, 1.165) is 6.42 Å². The van der Waals surface area contributed by atoms with E-state index in [9.17, 15) is 14.4 Å². The summed E-state index contributed by atoms with van der Waals surface area (Å²) in [6.45, 7) is 1.51. The van der Waals surface area contributed by atoms with E-state index in [0.29, 0.717) is 19.6 Å². The molecule has 0 aromatic heterocycles. The summed E-state index contributed by atoms with van der Waals surface area (Å²) in [6.07, 6.45) is 0.506. The minimum atomic E-state index is -0.480. The van der Waals surface area contributed by atoms with Gasteiger partial charge in [0.25, 0.3) is 0 Å². The number of alkyl carbamates (subject to hydrolysis) is 1. The first-order valence-corrected chi connectivity index (χ1v) is 6.00. The second kappa shape index (κ2) is 5.24. The molecule has 0 aliphatic carbocycles. The van der Waals surface area contributed by atoms with E-state index in [2.05, 4.69) is 15.4 Å². The van der Waals surface area contributed by atoms with Crippen molar-refractivity contribution in [3.8, 4) is 0 Å². The minimum absolute atomic E-state index is 0.0116. The summed E-state index contributed by atoms with van der Waals surface area (Å²) in [5.41, 5.74) is 0. The average Bonchev–Trinajstić information content (AvgIpc) is 2.97. The fraction of sp³-hybridized carbons (Fsp3) is 0.727.